The van der Waals surface area contributed by atoms with E-state index in [4.69, 9.17) is 0 Å². The number of nitrogens with zero attached hydrogens (tertiary/aromatic N) is 3. The van der Waals surface area contributed by atoms with E-state index >= 15 is 0 Å². The zero-order valence-electron chi connectivity index (χ0n) is 15.1. The first-order chi connectivity index (χ1) is 12.2. The SMILES string of the molecule is Cc1cccc(N2CCN(CCC/C(=N\O)c3cccs3)CC2)c1C. The van der Waals surface area contributed by atoms with E-state index in [1.54, 1.807) is 11.3 Å². The maximum absolute atomic E-state index is 9.22. The molecule has 5 heteroatoms. The molecule has 4 nitrogen and oxygen atoms in total. The minimum atomic E-state index is 0.809. The molecule has 3 rings (SSSR count). The molecule has 0 atom stereocenters. The molecular formula is C20H27N3OS. The summed E-state index contributed by atoms with van der Waals surface area (Å²) in [6.45, 7) is 9.81. The van der Waals surface area contributed by atoms with Gasteiger partial charge in [-0.15, -0.1) is 11.3 Å². The average Bonchev–Trinajstić information content (AvgIpc) is 3.16. The number of anilines is 1. The Hall–Kier alpha value is -1.85. The third kappa shape index (κ3) is 4.41. The van der Waals surface area contributed by atoms with Crippen molar-refractivity contribution in [1.29, 1.82) is 0 Å². The Labute approximate surface area is 154 Å². The van der Waals surface area contributed by atoms with E-state index < -0.39 is 0 Å². The van der Waals surface area contributed by atoms with Gasteiger partial charge in [0.25, 0.3) is 0 Å². The van der Waals surface area contributed by atoms with Gasteiger partial charge in [0.1, 0.15) is 0 Å². The molecule has 1 aromatic carbocycles. The molecule has 1 aliphatic heterocycles. The van der Waals surface area contributed by atoms with Gasteiger partial charge in [-0.05, 0) is 61.9 Å². The van der Waals surface area contributed by atoms with Gasteiger partial charge in [-0.2, -0.15) is 0 Å². The van der Waals surface area contributed by atoms with Crippen LogP contribution in [0.4, 0.5) is 5.69 Å². The third-order valence-corrected chi connectivity index (χ3v) is 6.02. The van der Waals surface area contributed by atoms with Crippen LogP contribution < -0.4 is 4.90 Å². The third-order valence-electron chi connectivity index (χ3n) is 5.10. The van der Waals surface area contributed by atoms with E-state index in [0.29, 0.717) is 0 Å². The second-order valence-electron chi connectivity index (χ2n) is 6.68. The molecular weight excluding hydrogens is 330 g/mol. The molecule has 1 saturated heterocycles. The summed E-state index contributed by atoms with van der Waals surface area (Å²) in [5, 5.41) is 14.7. The van der Waals surface area contributed by atoms with Crippen LogP contribution in [0.2, 0.25) is 0 Å². The molecule has 0 amide bonds. The lowest BCUT2D eigenvalue weighted by Crippen LogP contribution is -2.46. The molecule has 0 radical (unpaired) electrons. The van der Waals surface area contributed by atoms with Crippen LogP contribution in [0, 0.1) is 13.8 Å². The van der Waals surface area contributed by atoms with Crippen LogP contribution in [-0.2, 0) is 0 Å². The van der Waals surface area contributed by atoms with Gasteiger partial charge < -0.3 is 10.1 Å². The van der Waals surface area contributed by atoms with Crippen LogP contribution in [0.3, 0.4) is 0 Å². The quantitative estimate of drug-likeness (QED) is 0.480. The molecule has 2 aromatic rings. The number of piperazine rings is 1. The number of hydrogen-bond donors (Lipinski definition) is 1. The number of thiophene rings is 1. The predicted octanol–water partition coefficient (Wildman–Crippen LogP) is 4.15. The van der Waals surface area contributed by atoms with Crippen molar-refractivity contribution in [1.82, 2.24) is 4.90 Å². The highest BCUT2D eigenvalue weighted by Crippen LogP contribution is 2.24. The molecule has 1 fully saturated rings. The van der Waals surface area contributed by atoms with Crippen molar-refractivity contribution in [2.75, 3.05) is 37.6 Å². The molecule has 0 unspecified atom stereocenters. The van der Waals surface area contributed by atoms with Crippen LogP contribution in [0.25, 0.3) is 0 Å². The predicted molar refractivity (Wildman–Crippen MR) is 106 cm³/mol. The van der Waals surface area contributed by atoms with Gasteiger partial charge in [0, 0.05) is 31.9 Å². The standard InChI is InChI=1S/C20H27N3OS/c1-16-6-3-8-19(17(16)2)23-13-11-22(12-14-23)10-4-7-18(21-24)20-9-5-15-25-20/h3,5-6,8-9,15,24H,4,7,10-14H2,1-2H3/b21-18+. The highest BCUT2D eigenvalue weighted by atomic mass is 32.1. The van der Waals surface area contributed by atoms with Gasteiger partial charge in [0.15, 0.2) is 0 Å². The van der Waals surface area contributed by atoms with Crippen molar-refractivity contribution >= 4 is 22.7 Å². The first kappa shape index (κ1) is 18.0. The number of hydrogen-bond acceptors (Lipinski definition) is 5. The minimum absolute atomic E-state index is 0.809. The molecule has 1 aromatic heterocycles. The van der Waals surface area contributed by atoms with Crippen LogP contribution in [-0.4, -0.2) is 48.5 Å². The zero-order valence-corrected chi connectivity index (χ0v) is 15.9. The second kappa shape index (κ2) is 8.50. The van der Waals surface area contributed by atoms with Gasteiger partial charge in [-0.25, -0.2) is 0 Å². The van der Waals surface area contributed by atoms with Crippen LogP contribution in [0.15, 0.2) is 40.9 Å². The van der Waals surface area contributed by atoms with Gasteiger partial charge in [0.05, 0.1) is 10.6 Å². The summed E-state index contributed by atoms with van der Waals surface area (Å²) >= 11 is 1.63. The summed E-state index contributed by atoms with van der Waals surface area (Å²) in [4.78, 5) is 6.10. The highest BCUT2D eigenvalue weighted by molar-refractivity contribution is 7.12. The summed E-state index contributed by atoms with van der Waals surface area (Å²) in [7, 11) is 0. The van der Waals surface area contributed by atoms with Gasteiger partial charge in [-0.3, -0.25) is 4.90 Å². The fraction of sp³-hybridized carbons (Fsp3) is 0.450. The van der Waals surface area contributed by atoms with E-state index in [1.165, 1.54) is 16.8 Å². The lowest BCUT2D eigenvalue weighted by atomic mass is 10.1. The molecule has 0 bridgehead atoms. The van der Waals surface area contributed by atoms with Crippen molar-refractivity contribution in [2.24, 2.45) is 5.16 Å². The van der Waals surface area contributed by atoms with E-state index in [1.807, 2.05) is 17.5 Å². The smallest absolute Gasteiger partial charge is 0.0967 e. The van der Waals surface area contributed by atoms with E-state index in [9.17, 15) is 5.21 Å². The fourth-order valence-corrected chi connectivity index (χ4v) is 4.17. The highest BCUT2D eigenvalue weighted by Gasteiger charge is 2.18. The Balaban J connectivity index is 1.46. The Morgan fingerprint density at radius 3 is 2.60 bits per heavy atom. The van der Waals surface area contributed by atoms with Gasteiger partial charge in [-0.1, -0.05) is 23.4 Å². The van der Waals surface area contributed by atoms with Gasteiger partial charge >= 0.3 is 0 Å². The molecule has 1 N–H and O–H groups in total. The maximum Gasteiger partial charge on any atom is 0.0967 e. The lowest BCUT2D eigenvalue weighted by molar-refractivity contribution is 0.255. The van der Waals surface area contributed by atoms with Crippen molar-refractivity contribution in [2.45, 2.75) is 26.7 Å². The molecule has 1 aliphatic rings. The van der Waals surface area contributed by atoms with Crippen molar-refractivity contribution < 1.29 is 5.21 Å². The Kier molecular flexibility index (Phi) is 6.10. The summed E-state index contributed by atoms with van der Waals surface area (Å²) in [6.07, 6.45) is 1.86. The molecule has 0 saturated carbocycles. The van der Waals surface area contributed by atoms with Crippen molar-refractivity contribution in [3.63, 3.8) is 0 Å². The van der Waals surface area contributed by atoms with Crippen LogP contribution in [0.5, 0.6) is 0 Å². The molecule has 0 spiro atoms. The summed E-state index contributed by atoms with van der Waals surface area (Å²) < 4.78 is 0. The molecule has 2 heterocycles. The minimum Gasteiger partial charge on any atom is -0.411 e. The normalized spacial score (nSPS) is 16.4. The van der Waals surface area contributed by atoms with Crippen LogP contribution >= 0.6 is 11.3 Å². The Morgan fingerprint density at radius 1 is 1.12 bits per heavy atom. The monoisotopic (exact) mass is 357 g/mol. The largest absolute Gasteiger partial charge is 0.411 e. The molecule has 134 valence electrons. The fourth-order valence-electron chi connectivity index (χ4n) is 3.43. The van der Waals surface area contributed by atoms with Gasteiger partial charge in [0.2, 0.25) is 0 Å². The van der Waals surface area contributed by atoms with Crippen molar-refractivity contribution in [3.8, 4) is 0 Å². The summed E-state index contributed by atoms with van der Waals surface area (Å²) in [5.74, 6) is 0. The first-order valence-electron chi connectivity index (χ1n) is 8.97. The Morgan fingerprint density at radius 2 is 1.92 bits per heavy atom. The maximum atomic E-state index is 9.22. The number of rotatable bonds is 6. The Bertz CT molecular complexity index is 704. The van der Waals surface area contributed by atoms with E-state index in [-0.39, 0.29) is 0 Å². The number of aryl methyl sites for hydroxylation is 1. The second-order valence-corrected chi connectivity index (χ2v) is 7.62. The zero-order chi connectivity index (χ0) is 17.6. The molecule has 0 aliphatic carbocycles. The van der Waals surface area contributed by atoms with Crippen molar-refractivity contribution in [3.05, 3.63) is 51.7 Å². The first-order valence-corrected chi connectivity index (χ1v) is 9.85. The number of oxime groups is 1. The lowest BCUT2D eigenvalue weighted by Gasteiger charge is -2.37. The van der Waals surface area contributed by atoms with E-state index in [2.05, 4.69) is 47.0 Å². The summed E-state index contributed by atoms with van der Waals surface area (Å²) in [6, 6.07) is 10.6. The van der Waals surface area contributed by atoms with E-state index in [0.717, 1.165) is 56.2 Å². The average molecular weight is 358 g/mol. The van der Waals surface area contributed by atoms with Crippen LogP contribution in [0.1, 0.15) is 28.8 Å². The summed E-state index contributed by atoms with van der Waals surface area (Å²) in [5.41, 5.74) is 4.95. The topological polar surface area (TPSA) is 39.1 Å². The number of benzene rings is 1. The molecule has 25 heavy (non-hydrogen) atoms.